The van der Waals surface area contributed by atoms with Crippen LogP contribution in [0.4, 0.5) is 0 Å². The summed E-state index contributed by atoms with van der Waals surface area (Å²) in [4.78, 5) is 1.32. The third-order valence-electron chi connectivity index (χ3n) is 2.31. The Labute approximate surface area is 102 Å². The Bertz CT molecular complexity index is 270. The quantitative estimate of drug-likeness (QED) is 0.706. The van der Waals surface area contributed by atoms with Crippen LogP contribution >= 0.6 is 22.9 Å². The maximum atomic E-state index is 5.85. The number of rotatable bonds is 7. The zero-order valence-corrected chi connectivity index (χ0v) is 11.1. The van der Waals surface area contributed by atoms with Gasteiger partial charge in [0.15, 0.2) is 0 Å². The third-order valence-corrected chi connectivity index (χ3v) is 3.54. The van der Waals surface area contributed by atoms with Crippen molar-refractivity contribution in [3.63, 3.8) is 0 Å². The van der Waals surface area contributed by atoms with E-state index >= 15 is 0 Å². The van der Waals surface area contributed by atoms with Crippen molar-refractivity contribution in [2.24, 2.45) is 5.92 Å². The molecule has 0 atom stereocenters. The van der Waals surface area contributed by atoms with Gasteiger partial charge in [0, 0.05) is 11.4 Å². The lowest BCUT2D eigenvalue weighted by Crippen LogP contribution is -2.13. The molecule has 1 aromatic rings. The second kappa shape index (κ2) is 7.26. The molecule has 1 nitrogen and oxygen atoms in total. The van der Waals surface area contributed by atoms with Crippen LogP contribution in [0.15, 0.2) is 12.1 Å². The van der Waals surface area contributed by atoms with Crippen molar-refractivity contribution in [1.82, 2.24) is 5.32 Å². The van der Waals surface area contributed by atoms with Gasteiger partial charge in [-0.2, -0.15) is 0 Å². The predicted octanol–water partition coefficient (Wildman–Crippen LogP) is 4.32. The minimum atomic E-state index is 0.834. The van der Waals surface area contributed by atoms with Gasteiger partial charge in [0.1, 0.15) is 0 Å². The molecule has 0 saturated heterocycles. The summed E-state index contributed by atoms with van der Waals surface area (Å²) in [6.45, 7) is 6.63. The molecule has 3 heteroatoms. The van der Waals surface area contributed by atoms with Crippen molar-refractivity contribution in [2.75, 3.05) is 6.54 Å². The summed E-state index contributed by atoms with van der Waals surface area (Å²) in [6, 6.07) is 4.05. The fourth-order valence-corrected chi connectivity index (χ4v) is 2.52. The maximum absolute atomic E-state index is 5.85. The number of thiophene rings is 1. The van der Waals surface area contributed by atoms with Crippen molar-refractivity contribution in [1.29, 1.82) is 0 Å². The van der Waals surface area contributed by atoms with Gasteiger partial charge in [0.05, 0.1) is 4.34 Å². The molecule has 0 fully saturated rings. The van der Waals surface area contributed by atoms with E-state index in [1.165, 1.54) is 24.1 Å². The average molecular weight is 246 g/mol. The molecule has 1 aromatic heterocycles. The van der Waals surface area contributed by atoms with Crippen molar-refractivity contribution >= 4 is 22.9 Å². The Morgan fingerprint density at radius 1 is 1.33 bits per heavy atom. The molecule has 0 spiro atoms. The van der Waals surface area contributed by atoms with Gasteiger partial charge in [-0.25, -0.2) is 0 Å². The largest absolute Gasteiger partial charge is 0.312 e. The van der Waals surface area contributed by atoms with Crippen LogP contribution in [0.5, 0.6) is 0 Å². The van der Waals surface area contributed by atoms with Gasteiger partial charge in [-0.1, -0.05) is 38.3 Å². The lowest BCUT2D eigenvalue weighted by molar-refractivity contribution is 0.521. The molecular formula is C12H20ClNS. The van der Waals surface area contributed by atoms with Gasteiger partial charge in [-0.15, -0.1) is 11.3 Å². The molecule has 0 saturated carbocycles. The molecule has 0 amide bonds. The molecule has 86 valence electrons. The highest BCUT2D eigenvalue weighted by molar-refractivity contribution is 7.16. The van der Waals surface area contributed by atoms with Crippen molar-refractivity contribution in [3.05, 3.63) is 21.3 Å². The normalized spacial score (nSPS) is 11.2. The highest BCUT2D eigenvalue weighted by Crippen LogP contribution is 2.20. The second-order valence-corrected chi connectivity index (χ2v) is 6.07. The minimum absolute atomic E-state index is 0.834. The van der Waals surface area contributed by atoms with Gasteiger partial charge in [0.2, 0.25) is 0 Å². The molecule has 0 aliphatic carbocycles. The van der Waals surface area contributed by atoms with E-state index in [4.69, 9.17) is 11.6 Å². The standard InChI is InChI=1S/C12H20ClNS/c1-10(2)5-3-4-8-14-9-11-6-7-12(13)15-11/h6-7,10,14H,3-5,8-9H2,1-2H3. The molecule has 0 unspecified atom stereocenters. The number of hydrogen-bond acceptors (Lipinski definition) is 2. The molecule has 0 aliphatic heterocycles. The minimum Gasteiger partial charge on any atom is -0.312 e. The van der Waals surface area contributed by atoms with E-state index in [0.29, 0.717) is 0 Å². The first-order chi connectivity index (χ1) is 7.18. The summed E-state index contributed by atoms with van der Waals surface area (Å²) in [5, 5.41) is 3.44. The van der Waals surface area contributed by atoms with Gasteiger partial charge >= 0.3 is 0 Å². The summed E-state index contributed by atoms with van der Waals surface area (Å²) < 4.78 is 0.881. The van der Waals surface area contributed by atoms with Crippen LogP contribution in [0, 0.1) is 5.92 Å². The van der Waals surface area contributed by atoms with E-state index in [9.17, 15) is 0 Å². The molecule has 0 aliphatic rings. The van der Waals surface area contributed by atoms with E-state index in [2.05, 4.69) is 25.2 Å². The van der Waals surface area contributed by atoms with Crippen molar-refractivity contribution in [2.45, 2.75) is 39.7 Å². The second-order valence-electron chi connectivity index (χ2n) is 4.27. The Kier molecular flexibility index (Phi) is 6.30. The van der Waals surface area contributed by atoms with E-state index < -0.39 is 0 Å². The number of hydrogen-bond donors (Lipinski definition) is 1. The number of halogens is 1. The Morgan fingerprint density at radius 3 is 2.73 bits per heavy atom. The van der Waals surface area contributed by atoms with Gasteiger partial charge in [-0.3, -0.25) is 0 Å². The van der Waals surface area contributed by atoms with Gasteiger partial charge in [-0.05, 0) is 31.0 Å². The smallest absolute Gasteiger partial charge is 0.0931 e. The van der Waals surface area contributed by atoms with Gasteiger partial charge in [0.25, 0.3) is 0 Å². The molecular weight excluding hydrogens is 226 g/mol. The van der Waals surface area contributed by atoms with Gasteiger partial charge < -0.3 is 5.32 Å². The monoisotopic (exact) mass is 245 g/mol. The summed E-state index contributed by atoms with van der Waals surface area (Å²) in [7, 11) is 0. The lowest BCUT2D eigenvalue weighted by Gasteiger charge is -2.05. The summed E-state index contributed by atoms with van der Waals surface area (Å²) in [5.74, 6) is 0.834. The van der Waals surface area contributed by atoms with Crippen molar-refractivity contribution in [3.8, 4) is 0 Å². The molecule has 0 aromatic carbocycles. The highest BCUT2D eigenvalue weighted by atomic mass is 35.5. The molecule has 1 heterocycles. The van der Waals surface area contributed by atoms with Crippen LogP contribution in [-0.2, 0) is 6.54 Å². The predicted molar refractivity (Wildman–Crippen MR) is 69.7 cm³/mol. The molecule has 0 radical (unpaired) electrons. The fourth-order valence-electron chi connectivity index (χ4n) is 1.46. The molecule has 1 rings (SSSR count). The van der Waals surface area contributed by atoms with Crippen LogP contribution in [0.2, 0.25) is 4.34 Å². The number of unbranched alkanes of at least 4 members (excludes halogenated alkanes) is 1. The van der Waals surface area contributed by atoms with E-state index in [-0.39, 0.29) is 0 Å². The Hall–Kier alpha value is -0.0500. The Morgan fingerprint density at radius 2 is 2.13 bits per heavy atom. The Balaban J connectivity index is 1.98. The van der Waals surface area contributed by atoms with Crippen LogP contribution in [0.1, 0.15) is 38.0 Å². The van der Waals surface area contributed by atoms with Crippen LogP contribution in [0.3, 0.4) is 0 Å². The van der Waals surface area contributed by atoms with Crippen molar-refractivity contribution < 1.29 is 0 Å². The highest BCUT2D eigenvalue weighted by Gasteiger charge is 1.97. The first-order valence-corrected chi connectivity index (χ1v) is 6.83. The third kappa shape index (κ3) is 6.18. The SMILES string of the molecule is CC(C)CCCCNCc1ccc(Cl)s1. The zero-order chi connectivity index (χ0) is 11.1. The lowest BCUT2D eigenvalue weighted by atomic mass is 10.1. The van der Waals surface area contributed by atoms with E-state index in [1.807, 2.05) is 6.07 Å². The maximum Gasteiger partial charge on any atom is 0.0931 e. The van der Waals surface area contributed by atoms with Crippen LogP contribution < -0.4 is 5.32 Å². The molecule has 1 N–H and O–H groups in total. The first kappa shape index (κ1) is 13.0. The van der Waals surface area contributed by atoms with E-state index in [0.717, 1.165) is 23.3 Å². The molecule has 0 bridgehead atoms. The molecule has 15 heavy (non-hydrogen) atoms. The number of nitrogens with one attached hydrogen (secondary N) is 1. The topological polar surface area (TPSA) is 12.0 Å². The van der Waals surface area contributed by atoms with Crippen LogP contribution in [0.25, 0.3) is 0 Å². The average Bonchev–Trinajstić information content (AvgIpc) is 2.57. The summed E-state index contributed by atoms with van der Waals surface area (Å²) in [6.07, 6.45) is 3.94. The van der Waals surface area contributed by atoms with E-state index in [1.54, 1.807) is 11.3 Å². The first-order valence-electron chi connectivity index (χ1n) is 5.63. The van der Waals surface area contributed by atoms with Crippen LogP contribution in [-0.4, -0.2) is 6.54 Å². The fraction of sp³-hybridized carbons (Fsp3) is 0.667. The summed E-state index contributed by atoms with van der Waals surface area (Å²) >= 11 is 7.51. The summed E-state index contributed by atoms with van der Waals surface area (Å²) in [5.41, 5.74) is 0. The zero-order valence-electron chi connectivity index (χ0n) is 9.55.